The highest BCUT2D eigenvalue weighted by Gasteiger charge is 2.53. The van der Waals surface area contributed by atoms with Gasteiger partial charge in [-0.1, -0.05) is 0 Å². The SMILES string of the molecule is C[C@]1(O)CO[C@H](O[C@@H]2[C@@H](O)[C@@H](O[C@H]3O[C@H](CN)[C@@H](O)[C@H](O)[C@H]3O)[C@@H](N)C[C@@H]2NC(=O)[C@@H](O)CN)[C@H](O)[C@H]1NC(=O)[C@@H](O)CN. The van der Waals surface area contributed by atoms with Gasteiger partial charge in [0.15, 0.2) is 12.6 Å². The molecule has 0 aromatic rings. The van der Waals surface area contributed by atoms with E-state index in [0.29, 0.717) is 0 Å². The molecule has 0 spiro atoms. The second-order valence-corrected chi connectivity index (χ2v) is 11.5. The van der Waals surface area contributed by atoms with Gasteiger partial charge in [0.05, 0.1) is 18.7 Å². The zero-order valence-electron chi connectivity index (χ0n) is 24.0. The lowest BCUT2D eigenvalue weighted by Crippen LogP contribution is -2.71. The Morgan fingerprint density at radius 3 is 2.00 bits per heavy atom. The standard InChI is InChI=1S/C24H46N6O14/c1-24(40)6-41-22(16(37)19(24)30-21(39)10(32)4-26)44-18-8(29-20(38)9(31)3-25)2-7(28)17(15(18)36)43-23-14(35)13(34)12(33)11(5-27)42-23/h7-19,22-23,31-37,40H,2-6,25-28H2,1H3,(H,29,38)(H,30,39)/t7-,8-,9-,10-,11+,12+,13-,14+,15-,16+,17-,18-,19+,22+,23+,24-/m0/s1. The highest BCUT2D eigenvalue weighted by molar-refractivity contribution is 5.81. The summed E-state index contributed by atoms with van der Waals surface area (Å²) in [5.41, 5.74) is 20.7. The second-order valence-electron chi connectivity index (χ2n) is 11.5. The van der Waals surface area contributed by atoms with E-state index in [2.05, 4.69) is 10.6 Å². The Labute approximate surface area is 252 Å². The van der Waals surface area contributed by atoms with E-state index in [9.17, 15) is 50.4 Å². The summed E-state index contributed by atoms with van der Waals surface area (Å²) < 4.78 is 22.6. The van der Waals surface area contributed by atoms with Crippen molar-refractivity contribution in [3.63, 3.8) is 0 Å². The summed E-state index contributed by atoms with van der Waals surface area (Å²) in [6.45, 7) is -0.397. The molecule has 3 fully saturated rings. The first kappa shape index (κ1) is 36.8. The minimum atomic E-state index is -1.86. The van der Waals surface area contributed by atoms with Crippen LogP contribution in [-0.4, -0.2) is 176 Å². The molecule has 2 saturated heterocycles. The maximum absolute atomic E-state index is 12.5. The van der Waals surface area contributed by atoms with Crippen LogP contribution in [0.15, 0.2) is 0 Å². The fourth-order valence-electron chi connectivity index (χ4n) is 5.34. The van der Waals surface area contributed by atoms with Crippen LogP contribution in [0.4, 0.5) is 0 Å². The molecule has 0 unspecified atom stereocenters. The van der Waals surface area contributed by atoms with Gasteiger partial charge in [0.25, 0.3) is 5.91 Å². The molecule has 3 rings (SSSR count). The van der Waals surface area contributed by atoms with Gasteiger partial charge in [0.2, 0.25) is 5.91 Å². The molecule has 1 aliphatic carbocycles. The van der Waals surface area contributed by atoms with Crippen molar-refractivity contribution >= 4 is 11.8 Å². The third-order valence-electron chi connectivity index (χ3n) is 8.01. The molecule has 20 nitrogen and oxygen atoms in total. The first-order valence-corrected chi connectivity index (χ1v) is 14.1. The van der Waals surface area contributed by atoms with E-state index in [1.807, 2.05) is 0 Å². The van der Waals surface area contributed by atoms with Crippen LogP contribution < -0.4 is 33.6 Å². The van der Waals surface area contributed by atoms with Gasteiger partial charge in [-0.15, -0.1) is 0 Å². The number of nitrogens with two attached hydrogens (primary N) is 4. The molecule has 18 N–H and O–H groups in total. The van der Waals surface area contributed by atoms with Crippen molar-refractivity contribution in [2.45, 2.75) is 111 Å². The number of aliphatic hydroxyl groups is 8. The summed E-state index contributed by atoms with van der Waals surface area (Å²) in [5, 5.41) is 88.5. The van der Waals surface area contributed by atoms with Crippen molar-refractivity contribution in [2.24, 2.45) is 22.9 Å². The van der Waals surface area contributed by atoms with E-state index >= 15 is 0 Å². The van der Waals surface area contributed by atoms with Crippen LogP contribution in [0.3, 0.4) is 0 Å². The van der Waals surface area contributed by atoms with Gasteiger partial charge >= 0.3 is 0 Å². The lowest BCUT2D eigenvalue weighted by atomic mass is 9.83. The van der Waals surface area contributed by atoms with E-state index in [0.717, 1.165) is 0 Å². The lowest BCUT2D eigenvalue weighted by Gasteiger charge is -2.49. The fraction of sp³-hybridized carbons (Fsp3) is 0.917. The second kappa shape index (κ2) is 15.3. The third-order valence-corrected chi connectivity index (χ3v) is 8.01. The minimum Gasteiger partial charge on any atom is -0.388 e. The minimum absolute atomic E-state index is 0.187. The summed E-state index contributed by atoms with van der Waals surface area (Å²) in [4.78, 5) is 24.8. The molecule has 0 aromatic carbocycles. The van der Waals surface area contributed by atoms with Crippen LogP contribution in [0.1, 0.15) is 13.3 Å². The van der Waals surface area contributed by atoms with Gasteiger partial charge in [0.1, 0.15) is 66.6 Å². The van der Waals surface area contributed by atoms with Crippen molar-refractivity contribution in [3.8, 4) is 0 Å². The van der Waals surface area contributed by atoms with E-state index in [-0.39, 0.29) is 13.0 Å². The van der Waals surface area contributed by atoms with Crippen molar-refractivity contribution < 1.29 is 69.4 Å². The normalized spacial score (nSPS) is 44.4. The molecule has 44 heavy (non-hydrogen) atoms. The molecular weight excluding hydrogens is 596 g/mol. The Balaban J connectivity index is 1.87. The van der Waals surface area contributed by atoms with Crippen molar-refractivity contribution in [2.75, 3.05) is 26.2 Å². The number of ether oxygens (including phenoxy) is 4. The van der Waals surface area contributed by atoms with E-state index in [4.69, 9.17) is 41.9 Å². The summed E-state index contributed by atoms with van der Waals surface area (Å²) in [7, 11) is 0. The zero-order chi connectivity index (χ0) is 33.1. The average molecular weight is 643 g/mol. The lowest BCUT2D eigenvalue weighted by molar-refractivity contribution is -0.330. The maximum Gasteiger partial charge on any atom is 0.250 e. The van der Waals surface area contributed by atoms with Crippen molar-refractivity contribution in [1.29, 1.82) is 0 Å². The molecule has 256 valence electrons. The number of carbonyl (C=O) groups excluding carboxylic acids is 2. The van der Waals surface area contributed by atoms with Gasteiger partial charge in [-0.2, -0.15) is 0 Å². The molecule has 0 bridgehead atoms. The highest BCUT2D eigenvalue weighted by atomic mass is 16.7. The molecule has 2 aliphatic heterocycles. The van der Waals surface area contributed by atoms with Crippen LogP contribution in [0.2, 0.25) is 0 Å². The van der Waals surface area contributed by atoms with E-state index < -0.39 is 129 Å². The van der Waals surface area contributed by atoms with Gasteiger partial charge < -0.3 is 93.4 Å². The molecule has 0 aromatic heterocycles. The number of nitrogens with one attached hydrogen (secondary N) is 2. The molecule has 16 atom stereocenters. The molecule has 2 amide bonds. The Hall–Kier alpha value is -1.70. The number of hydrogen-bond donors (Lipinski definition) is 14. The maximum atomic E-state index is 12.5. The largest absolute Gasteiger partial charge is 0.388 e. The van der Waals surface area contributed by atoms with Crippen LogP contribution in [0.5, 0.6) is 0 Å². The third kappa shape index (κ3) is 7.98. The fourth-order valence-corrected chi connectivity index (χ4v) is 5.34. The number of hydrogen-bond acceptors (Lipinski definition) is 18. The van der Waals surface area contributed by atoms with E-state index in [1.54, 1.807) is 0 Å². The molecular formula is C24H46N6O14. The van der Waals surface area contributed by atoms with E-state index in [1.165, 1.54) is 6.92 Å². The van der Waals surface area contributed by atoms with Gasteiger partial charge in [-0.3, -0.25) is 9.59 Å². The number of aliphatic hydroxyl groups excluding tert-OH is 7. The molecule has 3 aliphatic rings. The predicted molar refractivity (Wildman–Crippen MR) is 144 cm³/mol. The summed E-state index contributed by atoms with van der Waals surface area (Å²) in [6, 6.07) is -3.73. The van der Waals surface area contributed by atoms with Gasteiger partial charge in [0, 0.05) is 25.7 Å². The predicted octanol–water partition coefficient (Wildman–Crippen LogP) is -9.31. The topological polar surface area (TPSA) is 361 Å². The van der Waals surface area contributed by atoms with Crippen LogP contribution in [0.25, 0.3) is 0 Å². The smallest absolute Gasteiger partial charge is 0.250 e. The van der Waals surface area contributed by atoms with Crippen LogP contribution in [0, 0.1) is 0 Å². The Bertz CT molecular complexity index is 966. The zero-order valence-corrected chi connectivity index (χ0v) is 24.0. The Morgan fingerprint density at radius 2 is 1.43 bits per heavy atom. The molecule has 20 heteroatoms. The summed E-state index contributed by atoms with van der Waals surface area (Å²) in [5.74, 6) is -1.93. The van der Waals surface area contributed by atoms with Gasteiger partial charge in [-0.05, 0) is 13.3 Å². The van der Waals surface area contributed by atoms with Crippen molar-refractivity contribution in [1.82, 2.24) is 10.6 Å². The Morgan fingerprint density at radius 1 is 0.864 bits per heavy atom. The van der Waals surface area contributed by atoms with Crippen molar-refractivity contribution in [3.05, 3.63) is 0 Å². The quantitative estimate of drug-likeness (QED) is 0.0994. The highest BCUT2D eigenvalue weighted by Crippen LogP contribution is 2.32. The Kier molecular flexibility index (Phi) is 12.8. The van der Waals surface area contributed by atoms with Gasteiger partial charge in [-0.25, -0.2) is 0 Å². The molecule has 0 radical (unpaired) electrons. The molecule has 2 heterocycles. The monoisotopic (exact) mass is 642 g/mol. The summed E-state index contributed by atoms with van der Waals surface area (Å²) >= 11 is 0. The number of rotatable bonds is 11. The average Bonchev–Trinajstić information content (AvgIpc) is 2.98. The molecule has 1 saturated carbocycles. The first-order valence-electron chi connectivity index (χ1n) is 14.1. The number of carbonyl (C=O) groups is 2. The van der Waals surface area contributed by atoms with Crippen LogP contribution in [-0.2, 0) is 28.5 Å². The number of amides is 2. The summed E-state index contributed by atoms with van der Waals surface area (Å²) in [6.07, 6.45) is -19.5. The van der Waals surface area contributed by atoms with Crippen LogP contribution >= 0.6 is 0 Å². The first-order chi connectivity index (χ1) is 20.6.